The first-order valence-corrected chi connectivity index (χ1v) is 9.47. The Hall–Kier alpha value is -2.32. The Balaban J connectivity index is 1.76. The number of benzene rings is 2. The van der Waals surface area contributed by atoms with Crippen LogP contribution in [0.2, 0.25) is 0 Å². The monoisotopic (exact) mass is 404 g/mol. The number of hydrogen-bond acceptors (Lipinski definition) is 6. The van der Waals surface area contributed by atoms with Crippen LogP contribution in [0.1, 0.15) is 18.1 Å². The molecule has 1 aliphatic heterocycles. The molecule has 0 aliphatic carbocycles. The zero-order valence-corrected chi connectivity index (χ0v) is 16.1. The van der Waals surface area contributed by atoms with Gasteiger partial charge in [-0.05, 0) is 11.1 Å². The fourth-order valence-corrected chi connectivity index (χ4v) is 3.25. The Kier molecular flexibility index (Phi) is 7.71. The summed E-state index contributed by atoms with van der Waals surface area (Å²) in [4.78, 5) is 11.7. The van der Waals surface area contributed by atoms with Gasteiger partial charge in [-0.25, -0.2) is 4.39 Å². The highest BCUT2D eigenvalue weighted by Crippen LogP contribution is 2.30. The molecule has 6 nitrogen and oxygen atoms in total. The van der Waals surface area contributed by atoms with Crippen molar-refractivity contribution in [3.8, 4) is 0 Å². The Morgan fingerprint density at radius 2 is 1.45 bits per heavy atom. The van der Waals surface area contributed by atoms with Crippen LogP contribution in [0, 0.1) is 0 Å². The molecule has 3 rings (SSSR count). The van der Waals surface area contributed by atoms with E-state index < -0.39 is 43.3 Å². The molecule has 0 bridgehead atoms. The smallest absolute Gasteiger partial charge is 0.303 e. The number of hydrogen-bond donors (Lipinski definition) is 1. The van der Waals surface area contributed by atoms with Gasteiger partial charge in [0.15, 0.2) is 12.2 Å². The van der Waals surface area contributed by atoms with Crippen molar-refractivity contribution < 1.29 is 33.2 Å². The van der Waals surface area contributed by atoms with E-state index in [1.54, 1.807) is 0 Å². The Morgan fingerprint density at radius 3 is 1.93 bits per heavy atom. The maximum atomic E-state index is 14.7. The number of halogens is 1. The van der Waals surface area contributed by atoms with Gasteiger partial charge >= 0.3 is 5.97 Å². The number of esters is 1. The number of aliphatic hydroxyl groups is 1. The number of aliphatic hydroxyl groups excluding tert-OH is 1. The van der Waals surface area contributed by atoms with Crippen molar-refractivity contribution in [2.24, 2.45) is 0 Å². The Labute approximate surface area is 169 Å². The lowest BCUT2D eigenvalue weighted by Gasteiger charge is -2.42. The van der Waals surface area contributed by atoms with E-state index in [0.717, 1.165) is 11.1 Å². The molecular weight excluding hydrogens is 379 g/mol. The zero-order valence-electron chi connectivity index (χ0n) is 16.1. The first kappa shape index (κ1) is 21.4. The van der Waals surface area contributed by atoms with E-state index in [-0.39, 0.29) is 13.2 Å². The third-order valence-corrected chi connectivity index (χ3v) is 4.63. The van der Waals surface area contributed by atoms with Crippen molar-refractivity contribution in [3.05, 3.63) is 71.8 Å². The van der Waals surface area contributed by atoms with Gasteiger partial charge in [-0.1, -0.05) is 60.7 Å². The molecule has 1 aliphatic rings. The second-order valence-electron chi connectivity index (χ2n) is 6.80. The van der Waals surface area contributed by atoms with Gasteiger partial charge < -0.3 is 24.1 Å². The number of carbonyl (C=O) groups is 1. The molecule has 156 valence electrons. The first-order valence-electron chi connectivity index (χ1n) is 9.47. The summed E-state index contributed by atoms with van der Waals surface area (Å²) in [5.41, 5.74) is 1.72. The molecule has 0 saturated carbocycles. The highest BCUT2D eigenvalue weighted by atomic mass is 19.1. The second-order valence-corrected chi connectivity index (χ2v) is 6.80. The largest absolute Gasteiger partial charge is 0.457 e. The van der Waals surface area contributed by atoms with Crippen molar-refractivity contribution >= 4 is 5.97 Å². The minimum absolute atomic E-state index is 0.113. The molecule has 0 aromatic heterocycles. The minimum Gasteiger partial charge on any atom is -0.457 e. The predicted octanol–water partition coefficient (Wildman–Crippen LogP) is 2.78. The summed E-state index contributed by atoms with van der Waals surface area (Å²) in [5.74, 6) is -0.595. The van der Waals surface area contributed by atoms with Crippen molar-refractivity contribution in [2.75, 3.05) is 6.61 Å². The van der Waals surface area contributed by atoms with E-state index in [1.807, 2.05) is 60.7 Å². The highest BCUT2D eigenvalue weighted by molar-refractivity contribution is 5.66. The van der Waals surface area contributed by atoms with Gasteiger partial charge in [0.2, 0.25) is 6.36 Å². The molecule has 2 unspecified atom stereocenters. The molecule has 1 N–H and O–H groups in total. The minimum atomic E-state index is -1.88. The van der Waals surface area contributed by atoms with E-state index >= 15 is 0 Å². The number of ether oxygens (including phenoxy) is 4. The zero-order chi connectivity index (χ0) is 20.6. The maximum absolute atomic E-state index is 14.7. The van der Waals surface area contributed by atoms with Crippen molar-refractivity contribution in [1.82, 2.24) is 0 Å². The average molecular weight is 404 g/mol. The summed E-state index contributed by atoms with van der Waals surface area (Å²) >= 11 is 0. The molecule has 29 heavy (non-hydrogen) atoms. The van der Waals surface area contributed by atoms with Crippen LogP contribution in [-0.2, 0) is 37.0 Å². The fraction of sp³-hybridized carbons (Fsp3) is 0.409. The first-order chi connectivity index (χ1) is 14.1. The van der Waals surface area contributed by atoms with E-state index in [2.05, 4.69) is 0 Å². The molecule has 2 aromatic carbocycles. The van der Waals surface area contributed by atoms with Gasteiger partial charge in [0, 0.05) is 6.92 Å². The SMILES string of the molecule is CC(=O)O[C@@H]1C(OCc2ccccc2)[C@H](F)OC(CO)[C@@H]1OCc1ccccc1. The van der Waals surface area contributed by atoms with Crippen LogP contribution >= 0.6 is 0 Å². The molecule has 1 saturated heterocycles. The van der Waals surface area contributed by atoms with Gasteiger partial charge in [-0.3, -0.25) is 4.79 Å². The quantitative estimate of drug-likeness (QED) is 0.682. The predicted molar refractivity (Wildman–Crippen MR) is 102 cm³/mol. The van der Waals surface area contributed by atoms with Crippen molar-refractivity contribution in [2.45, 2.75) is 50.9 Å². The molecule has 0 amide bonds. The lowest BCUT2D eigenvalue weighted by molar-refractivity contribution is -0.289. The van der Waals surface area contributed by atoms with Crippen LogP contribution in [0.5, 0.6) is 0 Å². The van der Waals surface area contributed by atoms with Gasteiger partial charge in [0.05, 0.1) is 19.8 Å². The standard InChI is InChI=1S/C22H25FO6/c1-15(25)28-20-19(26-13-16-8-4-2-5-9-16)18(12-24)29-22(23)21(20)27-14-17-10-6-3-7-11-17/h2-11,18-22,24H,12-14H2,1H3/t18?,19-,20-,21?,22+/m0/s1. The topological polar surface area (TPSA) is 74.2 Å². The summed E-state index contributed by atoms with van der Waals surface area (Å²) < 4.78 is 37.0. The molecule has 1 fully saturated rings. The molecule has 2 aromatic rings. The molecule has 0 radical (unpaired) electrons. The normalized spacial score (nSPS) is 26.8. The van der Waals surface area contributed by atoms with Crippen LogP contribution in [-0.4, -0.2) is 48.5 Å². The summed E-state index contributed by atoms with van der Waals surface area (Å²) in [7, 11) is 0. The summed E-state index contributed by atoms with van der Waals surface area (Å²) in [6.45, 7) is 1.05. The van der Waals surface area contributed by atoms with Gasteiger partial charge in [-0.2, -0.15) is 0 Å². The number of alkyl halides is 1. The van der Waals surface area contributed by atoms with Gasteiger partial charge in [-0.15, -0.1) is 0 Å². The highest BCUT2D eigenvalue weighted by Gasteiger charge is 2.49. The van der Waals surface area contributed by atoms with Gasteiger partial charge in [0.25, 0.3) is 0 Å². The lowest BCUT2D eigenvalue weighted by Crippen LogP contribution is -2.60. The molecule has 1 heterocycles. The van der Waals surface area contributed by atoms with E-state index in [9.17, 15) is 14.3 Å². The molecule has 7 heteroatoms. The lowest BCUT2D eigenvalue weighted by atomic mass is 9.98. The summed E-state index contributed by atoms with van der Waals surface area (Å²) in [6.07, 6.45) is -6.02. The second kappa shape index (κ2) is 10.5. The van der Waals surface area contributed by atoms with Crippen LogP contribution in [0.25, 0.3) is 0 Å². The Morgan fingerprint density at radius 1 is 0.931 bits per heavy atom. The summed E-state index contributed by atoms with van der Waals surface area (Å²) in [5, 5.41) is 9.67. The fourth-order valence-electron chi connectivity index (χ4n) is 3.25. The van der Waals surface area contributed by atoms with Crippen molar-refractivity contribution in [1.29, 1.82) is 0 Å². The molecular formula is C22H25FO6. The van der Waals surface area contributed by atoms with Crippen molar-refractivity contribution in [3.63, 3.8) is 0 Å². The summed E-state index contributed by atoms with van der Waals surface area (Å²) in [6, 6.07) is 18.6. The molecule has 5 atom stereocenters. The maximum Gasteiger partial charge on any atom is 0.303 e. The third kappa shape index (κ3) is 5.83. The molecule has 0 spiro atoms. The van der Waals surface area contributed by atoms with Crippen LogP contribution < -0.4 is 0 Å². The van der Waals surface area contributed by atoms with E-state index in [0.29, 0.717) is 0 Å². The number of rotatable bonds is 8. The van der Waals surface area contributed by atoms with Crippen LogP contribution in [0.15, 0.2) is 60.7 Å². The third-order valence-electron chi connectivity index (χ3n) is 4.63. The van der Waals surface area contributed by atoms with Crippen LogP contribution in [0.3, 0.4) is 0 Å². The van der Waals surface area contributed by atoms with E-state index in [1.165, 1.54) is 6.92 Å². The van der Waals surface area contributed by atoms with Crippen LogP contribution in [0.4, 0.5) is 4.39 Å². The average Bonchev–Trinajstić information content (AvgIpc) is 2.73. The number of carbonyl (C=O) groups excluding carboxylic acids is 1. The Bertz CT molecular complexity index is 756. The van der Waals surface area contributed by atoms with E-state index in [4.69, 9.17) is 18.9 Å². The van der Waals surface area contributed by atoms with Gasteiger partial charge in [0.1, 0.15) is 12.2 Å².